The summed E-state index contributed by atoms with van der Waals surface area (Å²) in [5.41, 5.74) is 2.89. The van der Waals surface area contributed by atoms with E-state index in [4.69, 9.17) is 25.3 Å². The van der Waals surface area contributed by atoms with Crippen molar-refractivity contribution in [3.05, 3.63) is 95.5 Å². The lowest BCUT2D eigenvalue weighted by atomic mass is 10.2. The van der Waals surface area contributed by atoms with Crippen LogP contribution in [0.25, 0.3) is 0 Å². The van der Waals surface area contributed by atoms with E-state index in [1.165, 1.54) is 49.7 Å². The van der Waals surface area contributed by atoms with E-state index < -0.39 is 16.0 Å². The summed E-state index contributed by atoms with van der Waals surface area (Å²) < 4.78 is 41.1. The normalized spacial score (nSPS) is 11.1. The average molecular weight is 501 g/mol. The van der Waals surface area contributed by atoms with Crippen molar-refractivity contribution in [2.75, 3.05) is 13.7 Å². The second-order valence-corrected chi connectivity index (χ2v) is 8.68. The molecule has 3 aromatic carbocycles. The Kier molecular flexibility index (Phi) is 8.29. The largest absolute Gasteiger partial charge is 0.493 e. The van der Waals surface area contributed by atoms with Crippen LogP contribution in [-0.4, -0.2) is 34.3 Å². The van der Waals surface area contributed by atoms with E-state index in [-0.39, 0.29) is 28.4 Å². The molecule has 0 atom stereocenters. The van der Waals surface area contributed by atoms with Crippen molar-refractivity contribution in [1.29, 1.82) is 0 Å². The second-order valence-electron chi connectivity index (χ2n) is 6.70. The average Bonchev–Trinajstić information content (AvgIpc) is 2.84. The van der Waals surface area contributed by atoms with E-state index in [9.17, 15) is 13.2 Å². The van der Waals surface area contributed by atoms with Gasteiger partial charge >= 0.3 is 10.1 Å². The van der Waals surface area contributed by atoms with Gasteiger partial charge in [0.15, 0.2) is 17.2 Å². The summed E-state index contributed by atoms with van der Waals surface area (Å²) in [5, 5.41) is 4.24. The molecule has 0 unspecified atom stereocenters. The minimum Gasteiger partial charge on any atom is -0.493 e. The number of carbonyl (C=O) groups is 1. The number of amides is 1. The fourth-order valence-corrected chi connectivity index (χ4v) is 3.91. The Morgan fingerprint density at radius 2 is 1.79 bits per heavy atom. The number of halogens is 1. The molecule has 0 aliphatic heterocycles. The van der Waals surface area contributed by atoms with Crippen LogP contribution in [0, 0.1) is 0 Å². The van der Waals surface area contributed by atoms with Gasteiger partial charge in [-0.2, -0.15) is 13.5 Å². The van der Waals surface area contributed by atoms with Crippen molar-refractivity contribution in [3.63, 3.8) is 0 Å². The van der Waals surface area contributed by atoms with Gasteiger partial charge in [0.05, 0.1) is 13.3 Å². The summed E-state index contributed by atoms with van der Waals surface area (Å²) in [6.45, 7) is 3.87. The van der Waals surface area contributed by atoms with E-state index >= 15 is 0 Å². The van der Waals surface area contributed by atoms with Crippen LogP contribution in [0.5, 0.6) is 17.2 Å². The van der Waals surface area contributed by atoms with Gasteiger partial charge in [0, 0.05) is 16.1 Å². The van der Waals surface area contributed by atoms with Crippen LogP contribution in [0.4, 0.5) is 0 Å². The van der Waals surface area contributed by atoms with Crippen LogP contribution in [0.2, 0.25) is 5.02 Å². The molecule has 3 rings (SSSR count). The first-order chi connectivity index (χ1) is 16.3. The summed E-state index contributed by atoms with van der Waals surface area (Å²) in [5.74, 6) is 0.306. The molecular weight excluding hydrogens is 480 g/mol. The molecule has 0 spiro atoms. The maximum Gasteiger partial charge on any atom is 0.339 e. The monoisotopic (exact) mass is 500 g/mol. The molecule has 0 saturated carbocycles. The fraction of sp³-hybridized carbons (Fsp3) is 0.0833. The van der Waals surface area contributed by atoms with Crippen LogP contribution in [0.3, 0.4) is 0 Å². The van der Waals surface area contributed by atoms with E-state index in [1.807, 2.05) is 0 Å². The molecule has 0 aromatic heterocycles. The highest BCUT2D eigenvalue weighted by Crippen LogP contribution is 2.28. The van der Waals surface area contributed by atoms with Crippen molar-refractivity contribution in [1.82, 2.24) is 5.43 Å². The third kappa shape index (κ3) is 6.37. The van der Waals surface area contributed by atoms with E-state index in [0.29, 0.717) is 16.5 Å². The Morgan fingerprint density at radius 3 is 2.50 bits per heavy atom. The quantitative estimate of drug-likeness (QED) is 0.191. The van der Waals surface area contributed by atoms with Gasteiger partial charge in [0.25, 0.3) is 5.91 Å². The van der Waals surface area contributed by atoms with Crippen LogP contribution in [0.1, 0.15) is 15.9 Å². The number of hydrazone groups is 1. The molecule has 1 N–H and O–H groups in total. The molecule has 0 fully saturated rings. The first-order valence-corrected chi connectivity index (χ1v) is 11.7. The molecule has 0 heterocycles. The zero-order valence-corrected chi connectivity index (χ0v) is 19.7. The fourth-order valence-electron chi connectivity index (χ4n) is 2.75. The van der Waals surface area contributed by atoms with Crippen LogP contribution < -0.4 is 19.1 Å². The summed E-state index contributed by atoms with van der Waals surface area (Å²) >= 11 is 6.04. The number of nitrogens with one attached hydrogen (secondary N) is 1. The molecule has 176 valence electrons. The smallest absolute Gasteiger partial charge is 0.339 e. The molecule has 0 aliphatic rings. The predicted molar refractivity (Wildman–Crippen MR) is 129 cm³/mol. The molecular formula is C24H21ClN2O6S. The Bertz CT molecular complexity index is 1310. The first kappa shape index (κ1) is 24.8. The van der Waals surface area contributed by atoms with Gasteiger partial charge in [-0.05, 0) is 48.5 Å². The number of hydrogen-bond acceptors (Lipinski definition) is 7. The van der Waals surface area contributed by atoms with Gasteiger partial charge in [-0.3, -0.25) is 4.79 Å². The van der Waals surface area contributed by atoms with Crippen LogP contribution in [-0.2, 0) is 10.1 Å². The van der Waals surface area contributed by atoms with Gasteiger partial charge in [0.1, 0.15) is 11.5 Å². The molecule has 0 bridgehead atoms. The number of ether oxygens (including phenoxy) is 2. The molecule has 0 saturated heterocycles. The summed E-state index contributed by atoms with van der Waals surface area (Å²) in [4.78, 5) is 12.5. The number of rotatable bonds is 10. The van der Waals surface area contributed by atoms with Gasteiger partial charge in [-0.1, -0.05) is 42.5 Å². The van der Waals surface area contributed by atoms with Crippen molar-refractivity contribution in [2.24, 2.45) is 5.10 Å². The zero-order chi connectivity index (χ0) is 24.6. The Labute approximate surface area is 202 Å². The Balaban J connectivity index is 1.76. The molecule has 3 aromatic rings. The lowest BCUT2D eigenvalue weighted by Crippen LogP contribution is -2.18. The van der Waals surface area contributed by atoms with Crippen molar-refractivity contribution in [3.8, 4) is 17.2 Å². The summed E-state index contributed by atoms with van der Waals surface area (Å²) in [6.07, 6.45) is 2.83. The Hall–Kier alpha value is -3.82. The molecule has 0 radical (unpaired) electrons. The van der Waals surface area contributed by atoms with Crippen molar-refractivity contribution >= 4 is 33.8 Å². The number of nitrogens with zero attached hydrogens (tertiary/aromatic N) is 1. The number of carbonyl (C=O) groups excluding carboxylic acids is 1. The zero-order valence-electron chi connectivity index (χ0n) is 18.1. The standard InChI is InChI=1S/C24H21ClN2O6S/c1-3-13-32-22-11-9-17(15-23(22)31-2)24(28)27-26-16-18-14-19(25)10-12-21(18)33-34(29,30)20-7-5-4-6-8-20/h3-12,14-16H,1,13H2,2H3,(H,27,28)/b26-16+. The number of benzene rings is 3. The molecule has 1 amide bonds. The molecule has 0 aliphatic carbocycles. The van der Waals surface area contributed by atoms with Crippen LogP contribution in [0.15, 0.2) is 89.4 Å². The van der Waals surface area contributed by atoms with Crippen molar-refractivity contribution < 1.29 is 26.9 Å². The highest BCUT2D eigenvalue weighted by molar-refractivity contribution is 7.87. The van der Waals surface area contributed by atoms with Gasteiger partial charge in [-0.15, -0.1) is 0 Å². The number of methoxy groups -OCH3 is 1. The lowest BCUT2D eigenvalue weighted by molar-refractivity contribution is 0.0954. The highest BCUT2D eigenvalue weighted by Gasteiger charge is 2.18. The maximum absolute atomic E-state index is 12.6. The summed E-state index contributed by atoms with van der Waals surface area (Å²) in [6, 6.07) is 16.7. The maximum atomic E-state index is 12.6. The first-order valence-electron chi connectivity index (χ1n) is 9.88. The number of hydrogen-bond donors (Lipinski definition) is 1. The molecule has 34 heavy (non-hydrogen) atoms. The van der Waals surface area contributed by atoms with Gasteiger partial charge < -0.3 is 13.7 Å². The topological polar surface area (TPSA) is 103 Å². The van der Waals surface area contributed by atoms with E-state index in [2.05, 4.69) is 17.1 Å². The third-order valence-corrected chi connectivity index (χ3v) is 5.84. The summed E-state index contributed by atoms with van der Waals surface area (Å²) in [7, 11) is -2.62. The van der Waals surface area contributed by atoms with Gasteiger partial charge in [-0.25, -0.2) is 5.43 Å². The minimum atomic E-state index is -4.08. The van der Waals surface area contributed by atoms with Crippen molar-refractivity contribution in [2.45, 2.75) is 4.90 Å². The van der Waals surface area contributed by atoms with E-state index in [0.717, 1.165) is 0 Å². The minimum absolute atomic E-state index is 0.00311. The van der Waals surface area contributed by atoms with Crippen LogP contribution >= 0.6 is 11.6 Å². The highest BCUT2D eigenvalue weighted by atomic mass is 35.5. The predicted octanol–water partition coefficient (Wildman–Crippen LogP) is 4.45. The third-order valence-electron chi connectivity index (χ3n) is 4.36. The Morgan fingerprint density at radius 1 is 1.06 bits per heavy atom. The van der Waals surface area contributed by atoms with E-state index in [1.54, 1.807) is 36.4 Å². The molecule has 10 heteroatoms. The van der Waals surface area contributed by atoms with Gasteiger partial charge in [0.2, 0.25) is 0 Å². The lowest BCUT2D eigenvalue weighted by Gasteiger charge is -2.11. The second kappa shape index (κ2) is 11.4. The SMILES string of the molecule is C=CCOc1ccc(C(=O)N/N=C/c2cc(Cl)ccc2OS(=O)(=O)c2ccccc2)cc1OC. The molecule has 8 nitrogen and oxygen atoms in total.